The number of carbonyl (C=O) groups is 1. The summed E-state index contributed by atoms with van der Waals surface area (Å²) in [6.45, 7) is 0.782. The van der Waals surface area contributed by atoms with E-state index in [4.69, 9.17) is 11.6 Å². The van der Waals surface area contributed by atoms with Crippen molar-refractivity contribution in [3.8, 4) is 0 Å². The maximum absolute atomic E-state index is 12.6. The topological polar surface area (TPSA) is 33.2 Å². The van der Waals surface area contributed by atoms with Crippen LogP contribution in [0, 0.1) is 0 Å². The molecule has 0 N–H and O–H groups in total. The van der Waals surface area contributed by atoms with Crippen LogP contribution in [0.15, 0.2) is 35.3 Å². The lowest BCUT2D eigenvalue weighted by atomic mass is 10.1. The Balaban J connectivity index is 1.89. The zero-order chi connectivity index (χ0) is 13.2. The first-order chi connectivity index (χ1) is 9.27. The maximum atomic E-state index is 12.6. The van der Waals surface area contributed by atoms with Crippen LogP contribution < -0.4 is 0 Å². The second kappa shape index (κ2) is 5.31. The molecule has 5 heteroatoms. The molecule has 0 radical (unpaired) electrons. The minimum Gasteiger partial charge on any atom is -0.331 e. The van der Waals surface area contributed by atoms with Crippen LogP contribution in [0.4, 0.5) is 0 Å². The molecule has 0 spiro atoms. The number of thiophene rings is 1. The normalized spacial score (nSPS) is 18.8. The lowest BCUT2D eigenvalue weighted by Gasteiger charge is -2.24. The molecule has 98 valence electrons. The van der Waals surface area contributed by atoms with E-state index in [1.807, 2.05) is 10.3 Å². The summed E-state index contributed by atoms with van der Waals surface area (Å²) in [5.41, 5.74) is 1.71. The molecule has 1 amide bonds. The average molecular weight is 293 g/mol. The molecule has 3 heterocycles. The monoisotopic (exact) mass is 292 g/mol. The van der Waals surface area contributed by atoms with Gasteiger partial charge < -0.3 is 4.90 Å². The molecule has 1 unspecified atom stereocenters. The molecule has 0 aliphatic carbocycles. The molecule has 0 saturated carbocycles. The third-order valence-electron chi connectivity index (χ3n) is 3.44. The van der Waals surface area contributed by atoms with E-state index in [0.717, 1.165) is 19.4 Å². The molecule has 0 bridgehead atoms. The fraction of sp³-hybridized carbons (Fsp3) is 0.286. The zero-order valence-corrected chi connectivity index (χ0v) is 11.8. The fourth-order valence-electron chi connectivity index (χ4n) is 2.51. The first-order valence-electron chi connectivity index (χ1n) is 6.20. The van der Waals surface area contributed by atoms with Crippen LogP contribution in [0.5, 0.6) is 0 Å². The minimum atomic E-state index is -0.0215. The number of aromatic nitrogens is 1. The smallest absolute Gasteiger partial charge is 0.257 e. The number of nitrogens with zero attached hydrogens (tertiary/aromatic N) is 2. The Morgan fingerprint density at radius 1 is 1.47 bits per heavy atom. The molecule has 2 aromatic rings. The zero-order valence-electron chi connectivity index (χ0n) is 10.3. The molecule has 1 saturated heterocycles. The molecule has 1 atom stereocenters. The third-order valence-corrected chi connectivity index (χ3v) is 4.47. The molecule has 19 heavy (non-hydrogen) atoms. The largest absolute Gasteiger partial charge is 0.331 e. The minimum absolute atomic E-state index is 0.0215. The van der Waals surface area contributed by atoms with E-state index in [2.05, 4.69) is 16.4 Å². The number of carbonyl (C=O) groups excluding carboxylic acids is 1. The van der Waals surface area contributed by atoms with E-state index in [1.54, 1.807) is 29.8 Å². The van der Waals surface area contributed by atoms with Crippen LogP contribution in [-0.2, 0) is 0 Å². The quantitative estimate of drug-likeness (QED) is 0.844. The maximum Gasteiger partial charge on any atom is 0.257 e. The lowest BCUT2D eigenvalue weighted by molar-refractivity contribution is 0.0735. The molecule has 1 fully saturated rings. The molecule has 1 aliphatic rings. The van der Waals surface area contributed by atoms with Gasteiger partial charge in [0.15, 0.2) is 0 Å². The van der Waals surface area contributed by atoms with Crippen molar-refractivity contribution in [2.24, 2.45) is 0 Å². The highest BCUT2D eigenvalue weighted by Gasteiger charge is 2.31. The number of amides is 1. The van der Waals surface area contributed by atoms with Crippen LogP contribution in [-0.4, -0.2) is 22.3 Å². The predicted octanol–water partition coefficient (Wildman–Crippen LogP) is 3.77. The molecule has 3 nitrogen and oxygen atoms in total. The highest BCUT2D eigenvalue weighted by molar-refractivity contribution is 7.08. The van der Waals surface area contributed by atoms with Gasteiger partial charge >= 0.3 is 0 Å². The molecular formula is C14H13ClN2OS. The van der Waals surface area contributed by atoms with Crippen molar-refractivity contribution in [1.82, 2.24) is 9.88 Å². The van der Waals surface area contributed by atoms with Gasteiger partial charge in [-0.3, -0.25) is 9.78 Å². The fourth-order valence-corrected chi connectivity index (χ4v) is 3.40. The van der Waals surface area contributed by atoms with Crippen LogP contribution in [0.25, 0.3) is 0 Å². The Hall–Kier alpha value is -1.39. The molecular weight excluding hydrogens is 280 g/mol. The summed E-state index contributed by atoms with van der Waals surface area (Å²) in [7, 11) is 0. The van der Waals surface area contributed by atoms with Crippen molar-refractivity contribution in [2.45, 2.75) is 18.9 Å². The van der Waals surface area contributed by atoms with Gasteiger partial charge in [0.2, 0.25) is 0 Å². The standard InChI is InChI=1S/C14H13ClN2OS/c15-12-3-5-16-8-11(12)14(18)17-6-1-2-13(17)10-4-7-19-9-10/h3-5,7-9,13H,1-2,6H2. The van der Waals surface area contributed by atoms with Gasteiger partial charge in [-0.2, -0.15) is 11.3 Å². The van der Waals surface area contributed by atoms with E-state index < -0.39 is 0 Å². The lowest BCUT2D eigenvalue weighted by Crippen LogP contribution is -2.30. The van der Waals surface area contributed by atoms with Gasteiger partial charge in [0.25, 0.3) is 5.91 Å². The first-order valence-corrected chi connectivity index (χ1v) is 7.52. The Kier molecular flexibility index (Phi) is 3.53. The van der Waals surface area contributed by atoms with Gasteiger partial charge in [0.1, 0.15) is 0 Å². The summed E-state index contributed by atoms with van der Waals surface area (Å²) in [5.74, 6) is -0.0215. The number of hydrogen-bond donors (Lipinski definition) is 0. The van der Waals surface area contributed by atoms with Crippen molar-refractivity contribution in [3.63, 3.8) is 0 Å². The number of likely N-dealkylation sites (tertiary alicyclic amines) is 1. The average Bonchev–Trinajstić information content (AvgIpc) is 3.09. The molecule has 1 aliphatic heterocycles. The number of rotatable bonds is 2. The van der Waals surface area contributed by atoms with Gasteiger partial charge in [0, 0.05) is 18.9 Å². The molecule has 2 aromatic heterocycles. The summed E-state index contributed by atoms with van der Waals surface area (Å²) >= 11 is 7.75. The van der Waals surface area contributed by atoms with Crippen LogP contribution in [0.2, 0.25) is 5.02 Å². The summed E-state index contributed by atoms with van der Waals surface area (Å²) in [5, 5.41) is 4.63. The third kappa shape index (κ3) is 2.38. The Bertz CT molecular complexity index is 585. The Morgan fingerprint density at radius 3 is 3.11 bits per heavy atom. The van der Waals surface area contributed by atoms with E-state index in [0.29, 0.717) is 10.6 Å². The summed E-state index contributed by atoms with van der Waals surface area (Å²) < 4.78 is 0. The van der Waals surface area contributed by atoms with Crippen molar-refractivity contribution in [2.75, 3.05) is 6.54 Å². The van der Waals surface area contributed by atoms with Gasteiger partial charge in [-0.1, -0.05) is 11.6 Å². The summed E-state index contributed by atoms with van der Waals surface area (Å²) in [6.07, 6.45) is 5.19. The SMILES string of the molecule is O=C(c1cnccc1Cl)N1CCCC1c1ccsc1. The second-order valence-corrected chi connectivity index (χ2v) is 5.76. The number of hydrogen-bond acceptors (Lipinski definition) is 3. The van der Waals surface area contributed by atoms with Crippen molar-refractivity contribution in [1.29, 1.82) is 0 Å². The molecule has 0 aromatic carbocycles. The van der Waals surface area contributed by atoms with Crippen LogP contribution in [0.3, 0.4) is 0 Å². The number of pyridine rings is 1. The predicted molar refractivity (Wildman–Crippen MR) is 76.6 cm³/mol. The van der Waals surface area contributed by atoms with Crippen LogP contribution in [0.1, 0.15) is 34.8 Å². The van der Waals surface area contributed by atoms with Gasteiger partial charge in [-0.25, -0.2) is 0 Å². The van der Waals surface area contributed by atoms with E-state index in [9.17, 15) is 4.79 Å². The highest BCUT2D eigenvalue weighted by Crippen LogP contribution is 2.34. The Labute approximate surface area is 120 Å². The van der Waals surface area contributed by atoms with Crippen molar-refractivity contribution < 1.29 is 4.79 Å². The highest BCUT2D eigenvalue weighted by atomic mass is 35.5. The van der Waals surface area contributed by atoms with Crippen LogP contribution >= 0.6 is 22.9 Å². The van der Waals surface area contributed by atoms with E-state index in [-0.39, 0.29) is 11.9 Å². The van der Waals surface area contributed by atoms with Gasteiger partial charge in [-0.15, -0.1) is 0 Å². The molecule has 3 rings (SSSR count). The van der Waals surface area contributed by atoms with Gasteiger partial charge in [-0.05, 0) is 41.3 Å². The first kappa shape index (κ1) is 12.6. The van der Waals surface area contributed by atoms with Crippen molar-refractivity contribution in [3.05, 3.63) is 51.4 Å². The number of halogens is 1. The summed E-state index contributed by atoms with van der Waals surface area (Å²) in [6, 6.07) is 3.92. The van der Waals surface area contributed by atoms with Gasteiger partial charge in [0.05, 0.1) is 16.6 Å². The van der Waals surface area contributed by atoms with E-state index >= 15 is 0 Å². The second-order valence-electron chi connectivity index (χ2n) is 4.57. The summed E-state index contributed by atoms with van der Waals surface area (Å²) in [4.78, 5) is 18.5. The Morgan fingerprint density at radius 2 is 2.37 bits per heavy atom. The van der Waals surface area contributed by atoms with E-state index in [1.165, 1.54) is 5.56 Å². The van der Waals surface area contributed by atoms with Crippen molar-refractivity contribution >= 4 is 28.8 Å².